The van der Waals surface area contributed by atoms with Gasteiger partial charge in [0.1, 0.15) is 0 Å². The van der Waals surface area contributed by atoms with Gasteiger partial charge < -0.3 is 14.5 Å². The van der Waals surface area contributed by atoms with Crippen molar-refractivity contribution >= 4 is 5.71 Å². The molecule has 0 radical (unpaired) electrons. The minimum Gasteiger partial charge on any atom is -0.349 e. The Balaban J connectivity index is 1.68. The number of hydrogen-bond acceptors (Lipinski definition) is 4. The summed E-state index contributed by atoms with van der Waals surface area (Å²) in [4.78, 5) is 0. The molecule has 20 heavy (non-hydrogen) atoms. The molecule has 0 bridgehead atoms. The highest BCUT2D eigenvalue weighted by Crippen LogP contribution is 2.57. The van der Waals surface area contributed by atoms with Crippen LogP contribution in [0.1, 0.15) is 46.0 Å². The molecular formula is C16H28N2O2. The van der Waals surface area contributed by atoms with E-state index in [0.29, 0.717) is 11.8 Å². The van der Waals surface area contributed by atoms with Crippen molar-refractivity contribution in [3.63, 3.8) is 0 Å². The molecule has 1 heterocycles. The van der Waals surface area contributed by atoms with E-state index in [4.69, 9.17) is 14.6 Å². The lowest BCUT2D eigenvalue weighted by Crippen LogP contribution is -2.41. The highest BCUT2D eigenvalue weighted by molar-refractivity contribution is 5.88. The lowest BCUT2D eigenvalue weighted by Gasteiger charge is -2.37. The van der Waals surface area contributed by atoms with Gasteiger partial charge in [0, 0.05) is 43.5 Å². The molecule has 0 amide bonds. The van der Waals surface area contributed by atoms with Crippen molar-refractivity contribution in [1.82, 2.24) is 5.01 Å². The van der Waals surface area contributed by atoms with E-state index >= 15 is 0 Å². The molecule has 3 fully saturated rings. The molecule has 0 aromatic rings. The fourth-order valence-corrected chi connectivity index (χ4v) is 3.58. The van der Waals surface area contributed by atoms with Gasteiger partial charge in [-0.25, -0.2) is 0 Å². The first-order valence-corrected chi connectivity index (χ1v) is 7.95. The van der Waals surface area contributed by atoms with Crippen LogP contribution in [0, 0.1) is 17.3 Å². The average Bonchev–Trinajstić information content (AvgIpc) is 3.08. The van der Waals surface area contributed by atoms with Crippen LogP contribution in [-0.2, 0) is 9.47 Å². The van der Waals surface area contributed by atoms with Gasteiger partial charge >= 0.3 is 0 Å². The Kier molecular flexibility index (Phi) is 3.57. The largest absolute Gasteiger partial charge is 0.349 e. The van der Waals surface area contributed by atoms with Gasteiger partial charge in [0.25, 0.3) is 0 Å². The third-order valence-corrected chi connectivity index (χ3v) is 4.76. The summed E-state index contributed by atoms with van der Waals surface area (Å²) >= 11 is 0. The normalized spacial score (nSPS) is 37.1. The van der Waals surface area contributed by atoms with Crippen LogP contribution in [0.4, 0.5) is 0 Å². The zero-order valence-corrected chi connectivity index (χ0v) is 13.3. The Morgan fingerprint density at radius 1 is 1.15 bits per heavy atom. The van der Waals surface area contributed by atoms with Crippen LogP contribution in [0.3, 0.4) is 0 Å². The predicted octanol–water partition coefficient (Wildman–Crippen LogP) is 2.88. The van der Waals surface area contributed by atoms with Gasteiger partial charge in [0.05, 0.1) is 13.2 Å². The molecule has 0 unspecified atom stereocenters. The smallest absolute Gasteiger partial charge is 0.172 e. The van der Waals surface area contributed by atoms with Crippen molar-refractivity contribution in [2.24, 2.45) is 22.4 Å². The summed E-state index contributed by atoms with van der Waals surface area (Å²) < 4.78 is 12.2. The molecule has 3 rings (SSSR count). The Morgan fingerprint density at radius 2 is 1.85 bits per heavy atom. The van der Waals surface area contributed by atoms with Gasteiger partial charge in [-0.1, -0.05) is 20.3 Å². The standard InChI is InChI=1S/C16H28N2O2/c1-15(2)10-19-16(20-11-15)9-13(16)12-7-5-6-8-14(12)17-18(3)4/h12-13H,5-11H2,1-4H3/b17-14-/t12-,13+/m0/s1. The van der Waals surface area contributed by atoms with Crippen LogP contribution in [0.15, 0.2) is 5.10 Å². The highest BCUT2D eigenvalue weighted by atomic mass is 16.7. The molecule has 114 valence electrons. The van der Waals surface area contributed by atoms with Gasteiger partial charge in [-0.3, -0.25) is 0 Å². The quantitative estimate of drug-likeness (QED) is 0.729. The second-order valence-electron chi connectivity index (χ2n) is 7.65. The molecule has 2 aliphatic carbocycles. The summed E-state index contributed by atoms with van der Waals surface area (Å²) in [5.74, 6) is 0.815. The molecule has 3 aliphatic rings. The monoisotopic (exact) mass is 280 g/mol. The molecule has 1 saturated heterocycles. The van der Waals surface area contributed by atoms with E-state index in [1.807, 2.05) is 19.1 Å². The Morgan fingerprint density at radius 3 is 2.50 bits per heavy atom. The molecule has 2 saturated carbocycles. The van der Waals surface area contributed by atoms with Crippen LogP contribution < -0.4 is 0 Å². The van der Waals surface area contributed by atoms with Crippen molar-refractivity contribution in [2.75, 3.05) is 27.3 Å². The van der Waals surface area contributed by atoms with Crippen LogP contribution >= 0.6 is 0 Å². The molecule has 0 aromatic heterocycles. The van der Waals surface area contributed by atoms with Crippen LogP contribution in [0.5, 0.6) is 0 Å². The minimum atomic E-state index is -0.273. The van der Waals surface area contributed by atoms with E-state index in [-0.39, 0.29) is 11.2 Å². The van der Waals surface area contributed by atoms with Gasteiger partial charge in [0.15, 0.2) is 5.79 Å². The number of hydrazone groups is 1. The molecular weight excluding hydrogens is 252 g/mol. The molecule has 0 aromatic carbocycles. The van der Waals surface area contributed by atoms with Crippen molar-refractivity contribution in [2.45, 2.75) is 51.7 Å². The summed E-state index contributed by atoms with van der Waals surface area (Å²) in [6.45, 7) is 6.04. The van der Waals surface area contributed by atoms with Crippen molar-refractivity contribution in [3.8, 4) is 0 Å². The second kappa shape index (κ2) is 4.99. The maximum Gasteiger partial charge on any atom is 0.172 e. The predicted molar refractivity (Wildman–Crippen MR) is 79.6 cm³/mol. The molecule has 4 nitrogen and oxygen atoms in total. The maximum absolute atomic E-state index is 6.12. The summed E-state index contributed by atoms with van der Waals surface area (Å²) in [6.07, 6.45) is 6.03. The van der Waals surface area contributed by atoms with E-state index in [2.05, 4.69) is 13.8 Å². The topological polar surface area (TPSA) is 34.1 Å². The third-order valence-electron chi connectivity index (χ3n) is 4.76. The molecule has 0 N–H and O–H groups in total. The van der Waals surface area contributed by atoms with E-state index in [9.17, 15) is 0 Å². The van der Waals surface area contributed by atoms with E-state index in [1.165, 1.54) is 25.0 Å². The van der Waals surface area contributed by atoms with Crippen LogP contribution in [-0.4, -0.2) is 43.8 Å². The van der Waals surface area contributed by atoms with E-state index in [0.717, 1.165) is 26.1 Å². The zero-order chi connectivity index (χ0) is 14.4. The van der Waals surface area contributed by atoms with Crippen molar-refractivity contribution in [1.29, 1.82) is 0 Å². The SMILES string of the molecule is CN(C)/N=C1/CCCC[C@H]1[C@H]1CC12OCC(C)(C)CO2. The number of ether oxygens (including phenoxy) is 2. The molecule has 1 spiro atoms. The van der Waals surface area contributed by atoms with Crippen molar-refractivity contribution in [3.05, 3.63) is 0 Å². The first-order valence-electron chi connectivity index (χ1n) is 7.95. The zero-order valence-electron chi connectivity index (χ0n) is 13.3. The Labute approximate surface area is 122 Å². The first-order chi connectivity index (χ1) is 9.42. The summed E-state index contributed by atoms with van der Waals surface area (Å²) in [6, 6.07) is 0. The van der Waals surface area contributed by atoms with Crippen LogP contribution in [0.25, 0.3) is 0 Å². The van der Waals surface area contributed by atoms with Gasteiger partial charge in [-0.2, -0.15) is 5.10 Å². The maximum atomic E-state index is 6.12. The van der Waals surface area contributed by atoms with E-state index < -0.39 is 0 Å². The third kappa shape index (κ3) is 2.73. The second-order valence-corrected chi connectivity index (χ2v) is 7.65. The summed E-state index contributed by atoms with van der Waals surface area (Å²) in [5.41, 5.74) is 1.52. The summed E-state index contributed by atoms with van der Waals surface area (Å²) in [7, 11) is 4.02. The average molecular weight is 280 g/mol. The van der Waals surface area contributed by atoms with Crippen LogP contribution in [0.2, 0.25) is 0 Å². The van der Waals surface area contributed by atoms with E-state index in [1.54, 1.807) is 0 Å². The number of nitrogens with zero attached hydrogens (tertiary/aromatic N) is 2. The Hall–Kier alpha value is -0.610. The molecule has 2 atom stereocenters. The van der Waals surface area contributed by atoms with Gasteiger partial charge in [0.2, 0.25) is 0 Å². The molecule has 4 heteroatoms. The van der Waals surface area contributed by atoms with Gasteiger partial charge in [-0.05, 0) is 19.3 Å². The van der Waals surface area contributed by atoms with Crippen molar-refractivity contribution < 1.29 is 9.47 Å². The van der Waals surface area contributed by atoms with Gasteiger partial charge in [-0.15, -0.1) is 0 Å². The number of rotatable bonds is 2. The fourth-order valence-electron chi connectivity index (χ4n) is 3.58. The fraction of sp³-hybridized carbons (Fsp3) is 0.938. The summed E-state index contributed by atoms with van der Waals surface area (Å²) in [5, 5.41) is 6.66. The number of hydrogen-bond donors (Lipinski definition) is 0. The lowest BCUT2D eigenvalue weighted by molar-refractivity contribution is -0.251. The lowest BCUT2D eigenvalue weighted by atomic mass is 9.83. The first kappa shape index (κ1) is 14.3. The highest BCUT2D eigenvalue weighted by Gasteiger charge is 2.63. The minimum absolute atomic E-state index is 0.158. The Bertz CT molecular complexity index is 393. The molecule has 1 aliphatic heterocycles.